The molecule has 4 rings (SSSR count). The van der Waals surface area contributed by atoms with Crippen molar-refractivity contribution in [1.29, 1.82) is 0 Å². The smallest absolute Gasteiger partial charge is 0.312 e. The highest BCUT2D eigenvalue weighted by atomic mass is 35.5. The van der Waals surface area contributed by atoms with Crippen molar-refractivity contribution in [2.45, 2.75) is 25.6 Å². The molecule has 2 aromatic heterocycles. The Labute approximate surface area is 159 Å². The molecule has 1 aliphatic heterocycles. The van der Waals surface area contributed by atoms with Crippen molar-refractivity contribution in [2.24, 2.45) is 0 Å². The highest BCUT2D eigenvalue weighted by Gasteiger charge is 2.31. The number of alkyl halides is 3. The van der Waals surface area contributed by atoms with Crippen LogP contribution in [0.2, 0.25) is 5.02 Å². The SMILES string of the molecule is FC(F)(F)c1cc(Cl)cc(Cc2cc(-n3ncc4c3CCNC4)ccn2)c1. The van der Waals surface area contributed by atoms with Gasteiger partial charge in [0, 0.05) is 54.1 Å². The van der Waals surface area contributed by atoms with Gasteiger partial charge in [-0.3, -0.25) is 4.98 Å². The number of nitrogens with zero attached hydrogens (tertiary/aromatic N) is 3. The van der Waals surface area contributed by atoms with Crippen LogP contribution < -0.4 is 5.32 Å². The molecule has 1 N–H and O–H groups in total. The zero-order chi connectivity index (χ0) is 19.0. The summed E-state index contributed by atoms with van der Waals surface area (Å²) in [5.74, 6) is 0. The lowest BCUT2D eigenvalue weighted by atomic mass is 10.1. The monoisotopic (exact) mass is 392 g/mol. The maximum absolute atomic E-state index is 13.0. The fourth-order valence-electron chi connectivity index (χ4n) is 3.29. The average Bonchev–Trinajstić information content (AvgIpc) is 3.05. The molecule has 0 aliphatic carbocycles. The zero-order valence-electron chi connectivity index (χ0n) is 14.2. The first-order chi connectivity index (χ1) is 12.9. The van der Waals surface area contributed by atoms with E-state index in [4.69, 9.17) is 11.6 Å². The molecule has 140 valence electrons. The fraction of sp³-hybridized carbons (Fsp3) is 0.263. The lowest BCUT2D eigenvalue weighted by molar-refractivity contribution is -0.137. The Kier molecular flexibility index (Phi) is 4.65. The topological polar surface area (TPSA) is 42.7 Å². The summed E-state index contributed by atoms with van der Waals surface area (Å²) in [5.41, 5.74) is 3.51. The molecular weight excluding hydrogens is 377 g/mol. The van der Waals surface area contributed by atoms with Crippen LogP contribution >= 0.6 is 11.6 Å². The highest BCUT2D eigenvalue weighted by Crippen LogP contribution is 2.32. The van der Waals surface area contributed by atoms with E-state index < -0.39 is 11.7 Å². The van der Waals surface area contributed by atoms with Crippen LogP contribution in [0.1, 0.15) is 28.1 Å². The van der Waals surface area contributed by atoms with Gasteiger partial charge in [0.15, 0.2) is 0 Å². The van der Waals surface area contributed by atoms with Crippen LogP contribution in [-0.2, 0) is 25.6 Å². The van der Waals surface area contributed by atoms with Gasteiger partial charge < -0.3 is 5.32 Å². The number of nitrogens with one attached hydrogen (secondary N) is 1. The Morgan fingerprint density at radius 1 is 1.19 bits per heavy atom. The Balaban J connectivity index is 1.64. The lowest BCUT2D eigenvalue weighted by Gasteiger charge is -2.15. The number of hydrogen-bond acceptors (Lipinski definition) is 3. The Morgan fingerprint density at radius 2 is 2.04 bits per heavy atom. The predicted octanol–water partition coefficient (Wildman–Crippen LogP) is 4.18. The molecule has 0 atom stereocenters. The number of benzene rings is 1. The molecule has 3 aromatic rings. The number of fused-ring (bicyclic) bond motifs is 1. The van der Waals surface area contributed by atoms with Gasteiger partial charge in [0.25, 0.3) is 0 Å². The number of rotatable bonds is 3. The number of hydrogen-bond donors (Lipinski definition) is 1. The summed E-state index contributed by atoms with van der Waals surface area (Å²) in [5, 5.41) is 7.82. The molecule has 0 fully saturated rings. The predicted molar refractivity (Wildman–Crippen MR) is 96.0 cm³/mol. The number of pyridine rings is 1. The molecule has 0 saturated heterocycles. The van der Waals surface area contributed by atoms with Crippen LogP contribution in [0.5, 0.6) is 0 Å². The molecule has 1 aliphatic rings. The summed E-state index contributed by atoms with van der Waals surface area (Å²) in [6.45, 7) is 1.68. The Hall–Kier alpha value is -2.38. The Morgan fingerprint density at radius 3 is 2.85 bits per heavy atom. The second-order valence-corrected chi connectivity index (χ2v) is 6.92. The van der Waals surface area contributed by atoms with Crippen LogP contribution in [0, 0.1) is 0 Å². The first kappa shape index (κ1) is 18.0. The zero-order valence-corrected chi connectivity index (χ0v) is 15.0. The molecule has 0 radical (unpaired) electrons. The minimum atomic E-state index is -4.43. The normalized spacial score (nSPS) is 14.2. The second kappa shape index (κ2) is 6.98. The molecule has 27 heavy (non-hydrogen) atoms. The summed E-state index contributed by atoms with van der Waals surface area (Å²) in [4.78, 5) is 4.30. The van der Waals surface area contributed by atoms with Crippen LogP contribution in [-0.4, -0.2) is 21.3 Å². The van der Waals surface area contributed by atoms with E-state index in [0.29, 0.717) is 11.3 Å². The summed E-state index contributed by atoms with van der Waals surface area (Å²) >= 11 is 5.87. The minimum absolute atomic E-state index is 0.0598. The van der Waals surface area contributed by atoms with Gasteiger partial charge in [-0.2, -0.15) is 18.3 Å². The molecule has 0 bridgehead atoms. The van der Waals surface area contributed by atoms with Crippen LogP contribution in [0.3, 0.4) is 0 Å². The van der Waals surface area contributed by atoms with E-state index in [0.717, 1.165) is 48.6 Å². The third kappa shape index (κ3) is 3.84. The molecular formula is C19H16ClF3N4. The first-order valence-corrected chi connectivity index (χ1v) is 8.86. The maximum atomic E-state index is 13.0. The van der Waals surface area contributed by atoms with Crippen molar-refractivity contribution in [1.82, 2.24) is 20.1 Å². The van der Waals surface area contributed by atoms with Crippen molar-refractivity contribution in [2.75, 3.05) is 6.54 Å². The van der Waals surface area contributed by atoms with Gasteiger partial charge in [-0.25, -0.2) is 4.68 Å². The molecule has 1 aromatic carbocycles. The van der Waals surface area contributed by atoms with E-state index >= 15 is 0 Å². The van der Waals surface area contributed by atoms with Crippen LogP contribution in [0.4, 0.5) is 13.2 Å². The first-order valence-electron chi connectivity index (χ1n) is 8.48. The van der Waals surface area contributed by atoms with Crippen molar-refractivity contribution < 1.29 is 13.2 Å². The largest absolute Gasteiger partial charge is 0.416 e. The van der Waals surface area contributed by atoms with Crippen molar-refractivity contribution in [3.05, 3.63) is 75.8 Å². The quantitative estimate of drug-likeness (QED) is 0.727. The van der Waals surface area contributed by atoms with Crippen LogP contribution in [0.15, 0.2) is 42.7 Å². The van der Waals surface area contributed by atoms with E-state index in [2.05, 4.69) is 15.4 Å². The molecule has 4 nitrogen and oxygen atoms in total. The van der Waals surface area contributed by atoms with Gasteiger partial charge in [0.2, 0.25) is 0 Å². The Bertz CT molecular complexity index is 981. The van der Waals surface area contributed by atoms with E-state index in [-0.39, 0.29) is 11.4 Å². The number of aromatic nitrogens is 3. The van der Waals surface area contributed by atoms with Gasteiger partial charge in [0.1, 0.15) is 0 Å². The molecule has 0 amide bonds. The van der Waals surface area contributed by atoms with Crippen LogP contribution in [0.25, 0.3) is 5.69 Å². The van der Waals surface area contributed by atoms with E-state index in [1.807, 2.05) is 23.0 Å². The van der Waals surface area contributed by atoms with Gasteiger partial charge in [-0.05, 0) is 35.9 Å². The number of halogens is 4. The minimum Gasteiger partial charge on any atom is -0.312 e. The summed E-state index contributed by atoms with van der Waals surface area (Å²) in [6, 6.07) is 7.27. The van der Waals surface area contributed by atoms with E-state index in [1.165, 1.54) is 6.07 Å². The van der Waals surface area contributed by atoms with Gasteiger partial charge >= 0.3 is 6.18 Å². The molecule has 0 unspecified atom stereocenters. The summed E-state index contributed by atoms with van der Waals surface area (Å²) in [7, 11) is 0. The maximum Gasteiger partial charge on any atom is 0.416 e. The van der Waals surface area contributed by atoms with Crippen molar-refractivity contribution >= 4 is 11.6 Å². The average molecular weight is 393 g/mol. The third-order valence-electron chi connectivity index (χ3n) is 4.52. The summed E-state index contributed by atoms with van der Waals surface area (Å²) < 4.78 is 40.9. The standard InChI is InChI=1S/C19H16ClF3N4/c20-15-6-12(5-14(8-15)19(21,22)23)7-16-9-17(1-4-25-16)27-18-2-3-24-10-13(18)11-26-27/h1,4-6,8-9,11,24H,2-3,7,10H2. The summed E-state index contributed by atoms with van der Waals surface area (Å²) in [6.07, 6.45) is 0.180. The van der Waals surface area contributed by atoms with Gasteiger partial charge in [0.05, 0.1) is 17.4 Å². The van der Waals surface area contributed by atoms with E-state index in [9.17, 15) is 13.2 Å². The third-order valence-corrected chi connectivity index (χ3v) is 4.74. The lowest BCUT2D eigenvalue weighted by Crippen LogP contribution is -2.24. The fourth-order valence-corrected chi connectivity index (χ4v) is 3.55. The molecule has 3 heterocycles. The molecule has 8 heteroatoms. The van der Waals surface area contributed by atoms with Gasteiger partial charge in [-0.1, -0.05) is 11.6 Å². The second-order valence-electron chi connectivity index (χ2n) is 6.48. The molecule has 0 spiro atoms. The van der Waals surface area contributed by atoms with Gasteiger partial charge in [-0.15, -0.1) is 0 Å². The highest BCUT2D eigenvalue weighted by molar-refractivity contribution is 6.30. The molecule has 0 saturated carbocycles. The van der Waals surface area contributed by atoms with Crippen molar-refractivity contribution in [3.8, 4) is 5.69 Å². The van der Waals surface area contributed by atoms with Crippen molar-refractivity contribution in [3.63, 3.8) is 0 Å². The van der Waals surface area contributed by atoms with E-state index in [1.54, 1.807) is 6.20 Å².